The highest BCUT2D eigenvalue weighted by molar-refractivity contribution is 6.31. The van der Waals surface area contributed by atoms with Crippen LogP contribution in [-0.2, 0) is 16.0 Å². The molecule has 1 amide bonds. The summed E-state index contributed by atoms with van der Waals surface area (Å²) in [6.07, 6.45) is -0.586. The second-order valence-electron chi connectivity index (χ2n) is 7.56. The zero-order valence-electron chi connectivity index (χ0n) is 17.0. The van der Waals surface area contributed by atoms with Crippen molar-refractivity contribution in [3.8, 4) is 11.1 Å². The number of likely N-dealkylation sites (N-methyl/N-ethyl adjacent to an activating group) is 1. The quantitative estimate of drug-likeness (QED) is 0.576. The van der Waals surface area contributed by atoms with Crippen molar-refractivity contribution in [2.24, 2.45) is 0 Å². The minimum Gasteiger partial charge on any atom is -0.480 e. The number of ether oxygens (including phenoxy) is 1. The van der Waals surface area contributed by atoms with Crippen LogP contribution < -0.4 is 0 Å². The Morgan fingerprint density at radius 1 is 0.968 bits per heavy atom. The van der Waals surface area contributed by atoms with E-state index in [1.54, 1.807) is 24.3 Å². The molecule has 1 atom stereocenters. The Bertz CT molecular complexity index is 1080. The second kappa shape index (κ2) is 8.82. The monoisotopic (exact) mass is 435 g/mol. The standard InChI is InChI=1S/C25H22ClNO4/c1-27(23(24(28)29)14-16-8-2-7-13-22(16)26)25(30)31-15-21-19-11-5-3-9-17(19)18-10-4-6-12-20(18)21/h2-13,21,23H,14-15H2,1H3,(H,28,29)/t23-/m0/s1. The molecule has 1 aliphatic rings. The van der Waals surface area contributed by atoms with Crippen molar-refractivity contribution in [2.75, 3.05) is 13.7 Å². The van der Waals surface area contributed by atoms with Gasteiger partial charge in [0.25, 0.3) is 0 Å². The normalized spacial score (nSPS) is 13.2. The maximum absolute atomic E-state index is 12.8. The highest BCUT2D eigenvalue weighted by Gasteiger charge is 2.32. The molecular formula is C25H22ClNO4. The molecule has 5 nitrogen and oxygen atoms in total. The number of carbonyl (C=O) groups is 2. The molecule has 6 heteroatoms. The van der Waals surface area contributed by atoms with Crippen LogP contribution in [-0.4, -0.2) is 41.8 Å². The van der Waals surface area contributed by atoms with E-state index in [0.717, 1.165) is 27.2 Å². The predicted molar refractivity (Wildman–Crippen MR) is 119 cm³/mol. The number of hydrogen-bond donors (Lipinski definition) is 1. The van der Waals surface area contributed by atoms with E-state index in [4.69, 9.17) is 16.3 Å². The summed E-state index contributed by atoms with van der Waals surface area (Å²) in [6.45, 7) is 0.135. The van der Waals surface area contributed by atoms with Gasteiger partial charge in [0.1, 0.15) is 12.6 Å². The van der Waals surface area contributed by atoms with Gasteiger partial charge < -0.3 is 9.84 Å². The number of benzene rings is 3. The Morgan fingerprint density at radius 2 is 1.52 bits per heavy atom. The van der Waals surface area contributed by atoms with Crippen molar-refractivity contribution in [1.82, 2.24) is 4.90 Å². The highest BCUT2D eigenvalue weighted by Crippen LogP contribution is 2.44. The first-order chi connectivity index (χ1) is 15.0. The summed E-state index contributed by atoms with van der Waals surface area (Å²) in [5, 5.41) is 10.2. The van der Waals surface area contributed by atoms with Gasteiger partial charge in [-0.15, -0.1) is 0 Å². The molecule has 0 radical (unpaired) electrons. The number of fused-ring (bicyclic) bond motifs is 3. The number of carbonyl (C=O) groups excluding carboxylic acids is 1. The largest absolute Gasteiger partial charge is 0.480 e. The number of amides is 1. The molecule has 4 rings (SSSR count). The number of aliphatic carboxylic acids is 1. The second-order valence-corrected chi connectivity index (χ2v) is 7.97. The molecule has 0 saturated heterocycles. The van der Waals surface area contributed by atoms with Gasteiger partial charge in [-0.2, -0.15) is 0 Å². The summed E-state index contributed by atoms with van der Waals surface area (Å²) in [6, 6.07) is 22.0. The highest BCUT2D eigenvalue weighted by atomic mass is 35.5. The SMILES string of the molecule is CN(C(=O)OCC1c2ccccc2-c2ccccc21)[C@@H](Cc1ccccc1Cl)C(=O)O. The van der Waals surface area contributed by atoms with Gasteiger partial charge in [0.05, 0.1) is 0 Å². The van der Waals surface area contributed by atoms with Crippen LogP contribution >= 0.6 is 11.6 Å². The molecule has 3 aromatic rings. The Hall–Kier alpha value is -3.31. The number of nitrogens with zero attached hydrogens (tertiary/aromatic N) is 1. The van der Waals surface area contributed by atoms with E-state index in [9.17, 15) is 14.7 Å². The van der Waals surface area contributed by atoms with Crippen molar-refractivity contribution in [2.45, 2.75) is 18.4 Å². The number of carboxylic acids is 1. The van der Waals surface area contributed by atoms with Crippen LogP contribution in [0.3, 0.4) is 0 Å². The molecule has 0 aliphatic heterocycles. The Morgan fingerprint density at radius 3 is 2.10 bits per heavy atom. The van der Waals surface area contributed by atoms with Gasteiger partial charge in [-0.1, -0.05) is 78.3 Å². The molecule has 0 saturated carbocycles. The van der Waals surface area contributed by atoms with Gasteiger partial charge in [0, 0.05) is 24.4 Å². The topological polar surface area (TPSA) is 66.8 Å². The van der Waals surface area contributed by atoms with Crippen molar-refractivity contribution >= 4 is 23.7 Å². The lowest BCUT2D eigenvalue weighted by Crippen LogP contribution is -2.44. The van der Waals surface area contributed by atoms with Crippen LogP contribution in [0.25, 0.3) is 11.1 Å². The first kappa shape index (κ1) is 20.9. The fourth-order valence-electron chi connectivity index (χ4n) is 4.09. The average molecular weight is 436 g/mol. The van der Waals surface area contributed by atoms with E-state index in [1.165, 1.54) is 7.05 Å². The number of hydrogen-bond acceptors (Lipinski definition) is 3. The molecule has 31 heavy (non-hydrogen) atoms. The van der Waals surface area contributed by atoms with Crippen molar-refractivity contribution in [1.29, 1.82) is 0 Å². The molecule has 0 aromatic heterocycles. The summed E-state index contributed by atoms with van der Waals surface area (Å²) in [7, 11) is 1.44. The van der Waals surface area contributed by atoms with Gasteiger partial charge in [-0.3, -0.25) is 4.90 Å². The lowest BCUT2D eigenvalue weighted by molar-refractivity contribution is -0.142. The number of rotatable bonds is 6. The molecule has 0 unspecified atom stereocenters. The summed E-state index contributed by atoms with van der Waals surface area (Å²) in [4.78, 5) is 25.7. The van der Waals surface area contributed by atoms with Crippen LogP contribution in [0.15, 0.2) is 72.8 Å². The first-order valence-electron chi connectivity index (χ1n) is 10.0. The minimum absolute atomic E-state index is 0.0865. The van der Waals surface area contributed by atoms with Crippen LogP contribution in [0, 0.1) is 0 Å². The van der Waals surface area contributed by atoms with Gasteiger partial charge in [0.2, 0.25) is 0 Å². The molecule has 3 aromatic carbocycles. The van der Waals surface area contributed by atoms with Crippen molar-refractivity contribution in [3.05, 3.63) is 94.5 Å². The summed E-state index contributed by atoms with van der Waals surface area (Å²) in [5.41, 5.74) is 5.13. The van der Waals surface area contributed by atoms with Gasteiger partial charge in [-0.25, -0.2) is 9.59 Å². The Labute approximate surface area is 185 Å². The lowest BCUT2D eigenvalue weighted by atomic mass is 9.98. The average Bonchev–Trinajstić information content (AvgIpc) is 3.10. The molecule has 158 valence electrons. The molecule has 1 N–H and O–H groups in total. The van der Waals surface area contributed by atoms with E-state index in [1.807, 2.05) is 36.4 Å². The number of halogens is 1. The van der Waals surface area contributed by atoms with E-state index in [0.29, 0.717) is 10.6 Å². The predicted octanol–water partition coefficient (Wildman–Crippen LogP) is 5.22. The fraction of sp³-hybridized carbons (Fsp3) is 0.200. The van der Waals surface area contributed by atoms with Gasteiger partial charge in [-0.05, 0) is 33.9 Å². The Kier molecular flexibility index (Phi) is 5.96. The smallest absolute Gasteiger partial charge is 0.410 e. The lowest BCUT2D eigenvalue weighted by Gasteiger charge is -2.25. The molecule has 1 aliphatic carbocycles. The minimum atomic E-state index is -1.11. The van der Waals surface area contributed by atoms with Crippen LogP contribution in [0.4, 0.5) is 4.79 Å². The molecular weight excluding hydrogens is 414 g/mol. The van der Waals surface area contributed by atoms with Crippen LogP contribution in [0.5, 0.6) is 0 Å². The van der Waals surface area contributed by atoms with Crippen molar-refractivity contribution in [3.63, 3.8) is 0 Å². The zero-order valence-corrected chi connectivity index (χ0v) is 17.8. The maximum Gasteiger partial charge on any atom is 0.410 e. The van der Waals surface area contributed by atoms with Crippen LogP contribution in [0.2, 0.25) is 5.02 Å². The molecule has 0 spiro atoms. The molecule has 0 fully saturated rings. The van der Waals surface area contributed by atoms with Crippen LogP contribution in [0.1, 0.15) is 22.6 Å². The molecule has 0 heterocycles. The summed E-state index contributed by atoms with van der Waals surface area (Å²) < 4.78 is 5.59. The third-order valence-electron chi connectivity index (χ3n) is 5.75. The summed E-state index contributed by atoms with van der Waals surface area (Å²) >= 11 is 6.17. The van der Waals surface area contributed by atoms with E-state index in [2.05, 4.69) is 12.1 Å². The third-order valence-corrected chi connectivity index (χ3v) is 6.12. The number of carboxylic acid groups (broad SMARTS) is 1. The van der Waals surface area contributed by atoms with Crippen molar-refractivity contribution < 1.29 is 19.4 Å². The third kappa shape index (κ3) is 4.14. The first-order valence-corrected chi connectivity index (χ1v) is 10.4. The van der Waals surface area contributed by atoms with E-state index < -0.39 is 18.1 Å². The Balaban J connectivity index is 1.49. The molecule has 0 bridgehead atoms. The summed E-state index contributed by atoms with van der Waals surface area (Å²) in [5.74, 6) is -1.20. The van der Waals surface area contributed by atoms with E-state index in [-0.39, 0.29) is 18.9 Å². The zero-order chi connectivity index (χ0) is 22.0. The maximum atomic E-state index is 12.8. The van der Waals surface area contributed by atoms with Gasteiger partial charge >= 0.3 is 12.1 Å². The van der Waals surface area contributed by atoms with Gasteiger partial charge in [0.15, 0.2) is 0 Å². The van der Waals surface area contributed by atoms with E-state index >= 15 is 0 Å². The fourth-order valence-corrected chi connectivity index (χ4v) is 4.30.